The van der Waals surface area contributed by atoms with Crippen molar-refractivity contribution in [2.75, 3.05) is 39.3 Å². The lowest BCUT2D eigenvalue weighted by molar-refractivity contribution is 0.303. The van der Waals surface area contributed by atoms with E-state index >= 15 is 0 Å². The molecule has 0 spiro atoms. The highest BCUT2D eigenvalue weighted by Gasteiger charge is 2.02. The van der Waals surface area contributed by atoms with E-state index in [0.29, 0.717) is 0 Å². The Balaban J connectivity index is 3.70. The molecule has 0 atom stereocenters. The van der Waals surface area contributed by atoms with Gasteiger partial charge in [-0.2, -0.15) is 0 Å². The van der Waals surface area contributed by atoms with E-state index < -0.39 is 0 Å². The lowest BCUT2D eigenvalue weighted by atomic mass is 10.2. The second-order valence-electron chi connectivity index (χ2n) is 4.73. The van der Waals surface area contributed by atoms with E-state index in [0.717, 1.165) is 39.3 Å². The zero-order valence-corrected chi connectivity index (χ0v) is 12.4. The molecule has 0 aromatic heterocycles. The Kier molecular flexibility index (Phi) is 12.5. The van der Waals surface area contributed by atoms with Gasteiger partial charge in [-0.15, -0.1) is 26.3 Å². The third kappa shape index (κ3) is 10.5. The van der Waals surface area contributed by atoms with Gasteiger partial charge in [0.2, 0.25) is 0 Å². The lowest BCUT2D eigenvalue weighted by Crippen LogP contribution is -2.26. The van der Waals surface area contributed by atoms with Gasteiger partial charge in [-0.25, -0.2) is 0 Å². The van der Waals surface area contributed by atoms with Crippen molar-refractivity contribution in [2.45, 2.75) is 19.3 Å². The van der Waals surface area contributed by atoms with Crippen LogP contribution in [0.4, 0.5) is 0 Å². The largest absolute Gasteiger partial charge is 0.296 e. The summed E-state index contributed by atoms with van der Waals surface area (Å²) < 4.78 is 0. The third-order valence-electron chi connectivity index (χ3n) is 3.00. The topological polar surface area (TPSA) is 6.48 Å². The smallest absolute Gasteiger partial charge is 0.0163 e. The van der Waals surface area contributed by atoms with Gasteiger partial charge in [0.1, 0.15) is 0 Å². The van der Waals surface area contributed by atoms with Gasteiger partial charge in [0.15, 0.2) is 0 Å². The van der Waals surface area contributed by atoms with E-state index in [1.165, 1.54) is 19.3 Å². The van der Waals surface area contributed by atoms with Crippen LogP contribution < -0.4 is 0 Å². The molecular formula is C17H30N2. The van der Waals surface area contributed by atoms with E-state index in [9.17, 15) is 0 Å². The second-order valence-corrected chi connectivity index (χ2v) is 4.73. The first kappa shape index (κ1) is 17.9. The van der Waals surface area contributed by atoms with Gasteiger partial charge in [0, 0.05) is 26.2 Å². The van der Waals surface area contributed by atoms with E-state index in [1.807, 2.05) is 24.3 Å². The summed E-state index contributed by atoms with van der Waals surface area (Å²) in [5, 5.41) is 0. The van der Waals surface area contributed by atoms with Crippen LogP contribution in [0.5, 0.6) is 0 Å². The van der Waals surface area contributed by atoms with Gasteiger partial charge in [-0.05, 0) is 25.9 Å². The Hall–Kier alpha value is -1.12. The summed E-state index contributed by atoms with van der Waals surface area (Å²) in [4.78, 5) is 4.73. The summed E-state index contributed by atoms with van der Waals surface area (Å²) in [6.45, 7) is 21.2. The standard InChI is InChI=1S/C17H30N2/c1-5-12-18(13-6-2)16-10-9-11-17-19(14-7-3)15-8-4/h5-8H,1-4,9-17H2. The fourth-order valence-corrected chi connectivity index (χ4v) is 2.09. The van der Waals surface area contributed by atoms with Crippen LogP contribution in [0, 0.1) is 0 Å². The average Bonchev–Trinajstić information content (AvgIpc) is 2.39. The predicted molar refractivity (Wildman–Crippen MR) is 87.5 cm³/mol. The van der Waals surface area contributed by atoms with Crippen LogP contribution >= 0.6 is 0 Å². The lowest BCUT2D eigenvalue weighted by Gasteiger charge is -2.20. The molecule has 0 aromatic rings. The summed E-state index contributed by atoms with van der Waals surface area (Å²) in [5.41, 5.74) is 0. The Bertz CT molecular complexity index is 212. The Morgan fingerprint density at radius 1 is 0.526 bits per heavy atom. The molecule has 108 valence electrons. The van der Waals surface area contributed by atoms with Crippen LogP contribution in [0.15, 0.2) is 50.6 Å². The summed E-state index contributed by atoms with van der Waals surface area (Å²) in [6.07, 6.45) is 11.6. The van der Waals surface area contributed by atoms with Crippen molar-refractivity contribution < 1.29 is 0 Å². The molecule has 0 aliphatic carbocycles. The number of rotatable bonds is 14. The molecule has 19 heavy (non-hydrogen) atoms. The van der Waals surface area contributed by atoms with Gasteiger partial charge in [0.05, 0.1) is 0 Å². The van der Waals surface area contributed by atoms with E-state index in [4.69, 9.17) is 0 Å². The summed E-state index contributed by atoms with van der Waals surface area (Å²) in [7, 11) is 0. The molecule has 0 saturated carbocycles. The maximum atomic E-state index is 3.79. The highest BCUT2D eigenvalue weighted by Crippen LogP contribution is 2.02. The van der Waals surface area contributed by atoms with Gasteiger partial charge >= 0.3 is 0 Å². The zero-order chi connectivity index (χ0) is 14.3. The minimum Gasteiger partial charge on any atom is -0.296 e. The van der Waals surface area contributed by atoms with E-state index in [1.54, 1.807) is 0 Å². The Morgan fingerprint density at radius 2 is 0.842 bits per heavy atom. The molecule has 0 bridgehead atoms. The summed E-state index contributed by atoms with van der Waals surface area (Å²) in [6, 6.07) is 0. The van der Waals surface area contributed by atoms with Crippen molar-refractivity contribution in [3.05, 3.63) is 50.6 Å². The van der Waals surface area contributed by atoms with Crippen LogP contribution in [0.25, 0.3) is 0 Å². The molecule has 0 aromatic carbocycles. The van der Waals surface area contributed by atoms with Crippen molar-refractivity contribution in [1.82, 2.24) is 9.80 Å². The van der Waals surface area contributed by atoms with Crippen LogP contribution in [0.1, 0.15) is 19.3 Å². The summed E-state index contributed by atoms with van der Waals surface area (Å²) >= 11 is 0. The molecule has 0 saturated heterocycles. The molecule has 0 heterocycles. The molecule has 0 fully saturated rings. The molecule has 2 heteroatoms. The van der Waals surface area contributed by atoms with Crippen molar-refractivity contribution in [1.29, 1.82) is 0 Å². The molecule has 0 amide bonds. The van der Waals surface area contributed by atoms with Crippen molar-refractivity contribution in [3.8, 4) is 0 Å². The van der Waals surface area contributed by atoms with Crippen LogP contribution in [-0.4, -0.2) is 49.1 Å². The van der Waals surface area contributed by atoms with Gasteiger partial charge in [-0.3, -0.25) is 9.80 Å². The molecule has 0 rings (SSSR count). The molecule has 0 unspecified atom stereocenters. The minimum atomic E-state index is 0.949. The number of nitrogens with zero attached hydrogens (tertiary/aromatic N) is 2. The van der Waals surface area contributed by atoms with Crippen LogP contribution in [0.2, 0.25) is 0 Å². The van der Waals surface area contributed by atoms with E-state index in [-0.39, 0.29) is 0 Å². The molecular weight excluding hydrogens is 232 g/mol. The fraction of sp³-hybridized carbons (Fsp3) is 0.529. The number of hydrogen-bond acceptors (Lipinski definition) is 2. The maximum absolute atomic E-state index is 3.79. The van der Waals surface area contributed by atoms with Crippen molar-refractivity contribution in [3.63, 3.8) is 0 Å². The fourth-order valence-electron chi connectivity index (χ4n) is 2.09. The molecule has 0 N–H and O–H groups in total. The van der Waals surface area contributed by atoms with Crippen LogP contribution in [0.3, 0.4) is 0 Å². The SMILES string of the molecule is C=CCN(CC=C)CCCCCN(CC=C)CC=C. The van der Waals surface area contributed by atoms with Crippen LogP contribution in [-0.2, 0) is 0 Å². The predicted octanol–water partition coefficient (Wildman–Crippen LogP) is 3.50. The Labute approximate surface area is 119 Å². The molecule has 0 aliphatic heterocycles. The zero-order valence-electron chi connectivity index (χ0n) is 12.4. The Morgan fingerprint density at radius 3 is 1.11 bits per heavy atom. The molecule has 2 nitrogen and oxygen atoms in total. The normalized spacial score (nSPS) is 10.6. The highest BCUT2D eigenvalue weighted by atomic mass is 15.1. The third-order valence-corrected chi connectivity index (χ3v) is 3.00. The minimum absolute atomic E-state index is 0.949. The molecule has 0 radical (unpaired) electrons. The van der Waals surface area contributed by atoms with Crippen molar-refractivity contribution >= 4 is 0 Å². The first-order valence-corrected chi connectivity index (χ1v) is 7.16. The quantitative estimate of drug-likeness (QED) is 0.349. The van der Waals surface area contributed by atoms with Crippen molar-refractivity contribution in [2.24, 2.45) is 0 Å². The number of unbranched alkanes of at least 4 members (excludes halogenated alkanes) is 2. The monoisotopic (exact) mass is 262 g/mol. The van der Waals surface area contributed by atoms with Gasteiger partial charge < -0.3 is 0 Å². The molecule has 0 aliphatic rings. The first-order chi connectivity index (χ1) is 9.28. The summed E-state index contributed by atoms with van der Waals surface area (Å²) in [5.74, 6) is 0. The first-order valence-electron chi connectivity index (χ1n) is 7.16. The van der Waals surface area contributed by atoms with Gasteiger partial charge in [0.25, 0.3) is 0 Å². The average molecular weight is 262 g/mol. The second kappa shape index (κ2) is 13.3. The number of hydrogen-bond donors (Lipinski definition) is 0. The maximum Gasteiger partial charge on any atom is 0.0163 e. The van der Waals surface area contributed by atoms with E-state index in [2.05, 4.69) is 36.1 Å². The highest BCUT2D eigenvalue weighted by molar-refractivity contribution is 4.81. The van der Waals surface area contributed by atoms with Gasteiger partial charge in [-0.1, -0.05) is 30.7 Å².